The van der Waals surface area contributed by atoms with Crippen molar-refractivity contribution in [1.82, 2.24) is 15.6 Å². The number of hydrogen-bond acceptors (Lipinski definition) is 3. The SMILES string of the molecule is CCNC(=NCc1ccccc1OC(C)(C)C)NCc1ncccc1C. The molecule has 0 aliphatic rings. The Morgan fingerprint density at radius 2 is 1.88 bits per heavy atom. The van der Waals surface area contributed by atoms with E-state index >= 15 is 0 Å². The van der Waals surface area contributed by atoms with Crippen molar-refractivity contribution >= 4 is 5.96 Å². The summed E-state index contributed by atoms with van der Waals surface area (Å²) in [7, 11) is 0. The van der Waals surface area contributed by atoms with Crippen LogP contribution in [0.1, 0.15) is 44.5 Å². The molecule has 0 aliphatic heterocycles. The molecule has 2 N–H and O–H groups in total. The second kappa shape index (κ2) is 9.22. The van der Waals surface area contributed by atoms with Crippen molar-refractivity contribution in [3.05, 3.63) is 59.4 Å². The van der Waals surface area contributed by atoms with Gasteiger partial charge in [0, 0.05) is 18.3 Å². The topological polar surface area (TPSA) is 58.5 Å². The first-order valence-corrected chi connectivity index (χ1v) is 9.08. The third-order valence-corrected chi connectivity index (χ3v) is 3.68. The maximum Gasteiger partial charge on any atom is 0.191 e. The van der Waals surface area contributed by atoms with Crippen molar-refractivity contribution in [2.75, 3.05) is 6.54 Å². The number of para-hydroxylation sites is 1. The minimum absolute atomic E-state index is 0.237. The summed E-state index contributed by atoms with van der Waals surface area (Å²) >= 11 is 0. The van der Waals surface area contributed by atoms with Gasteiger partial charge in [0.15, 0.2) is 5.96 Å². The highest BCUT2D eigenvalue weighted by Gasteiger charge is 2.14. The lowest BCUT2D eigenvalue weighted by atomic mass is 10.1. The number of pyridine rings is 1. The van der Waals surface area contributed by atoms with E-state index < -0.39 is 0 Å². The number of benzene rings is 1. The highest BCUT2D eigenvalue weighted by atomic mass is 16.5. The highest BCUT2D eigenvalue weighted by Crippen LogP contribution is 2.23. The van der Waals surface area contributed by atoms with E-state index in [0.29, 0.717) is 13.1 Å². The van der Waals surface area contributed by atoms with Crippen LogP contribution in [0.5, 0.6) is 5.75 Å². The molecule has 140 valence electrons. The van der Waals surface area contributed by atoms with Crippen molar-refractivity contribution < 1.29 is 4.74 Å². The molecule has 2 aromatic rings. The number of hydrogen-bond donors (Lipinski definition) is 2. The van der Waals surface area contributed by atoms with Gasteiger partial charge in [0.1, 0.15) is 11.4 Å². The Bertz CT molecular complexity index is 735. The smallest absolute Gasteiger partial charge is 0.191 e. The molecule has 0 unspecified atom stereocenters. The lowest BCUT2D eigenvalue weighted by Gasteiger charge is -2.23. The van der Waals surface area contributed by atoms with E-state index in [9.17, 15) is 0 Å². The second-order valence-electron chi connectivity index (χ2n) is 7.14. The van der Waals surface area contributed by atoms with E-state index in [1.54, 1.807) is 0 Å². The summed E-state index contributed by atoms with van der Waals surface area (Å²) in [6.45, 7) is 12.2. The molecule has 5 heteroatoms. The molecule has 0 fully saturated rings. The van der Waals surface area contributed by atoms with Crippen LogP contribution in [0.15, 0.2) is 47.6 Å². The first-order chi connectivity index (χ1) is 12.4. The van der Waals surface area contributed by atoms with Crippen LogP contribution in [-0.2, 0) is 13.1 Å². The van der Waals surface area contributed by atoms with Crippen LogP contribution in [0.2, 0.25) is 0 Å². The third-order valence-electron chi connectivity index (χ3n) is 3.68. The van der Waals surface area contributed by atoms with Crippen molar-refractivity contribution in [2.45, 2.75) is 53.3 Å². The Labute approximate surface area is 156 Å². The number of ether oxygens (including phenoxy) is 1. The molecule has 5 nitrogen and oxygen atoms in total. The van der Waals surface area contributed by atoms with Crippen LogP contribution in [0, 0.1) is 6.92 Å². The normalized spacial score (nSPS) is 12.0. The molecule has 1 aromatic carbocycles. The van der Waals surface area contributed by atoms with E-state index in [2.05, 4.69) is 41.6 Å². The molecule has 26 heavy (non-hydrogen) atoms. The molecule has 2 rings (SSSR count). The van der Waals surface area contributed by atoms with Crippen molar-refractivity contribution in [1.29, 1.82) is 0 Å². The summed E-state index contributed by atoms with van der Waals surface area (Å²) in [5.41, 5.74) is 3.02. The van der Waals surface area contributed by atoms with Gasteiger partial charge in [0.2, 0.25) is 0 Å². The molecular formula is C21H30N4O. The highest BCUT2D eigenvalue weighted by molar-refractivity contribution is 5.79. The molecule has 0 radical (unpaired) electrons. The van der Waals surface area contributed by atoms with Gasteiger partial charge in [-0.2, -0.15) is 0 Å². The zero-order valence-corrected chi connectivity index (χ0v) is 16.5. The molecule has 0 bridgehead atoms. The van der Waals surface area contributed by atoms with Crippen LogP contribution in [0.3, 0.4) is 0 Å². The zero-order valence-electron chi connectivity index (χ0n) is 16.5. The summed E-state index contributed by atoms with van der Waals surface area (Å²) in [6.07, 6.45) is 1.81. The van der Waals surface area contributed by atoms with Crippen LogP contribution in [0.4, 0.5) is 0 Å². The van der Waals surface area contributed by atoms with Gasteiger partial charge in [-0.1, -0.05) is 24.3 Å². The van der Waals surface area contributed by atoms with E-state index in [4.69, 9.17) is 9.73 Å². The Morgan fingerprint density at radius 3 is 2.58 bits per heavy atom. The lowest BCUT2D eigenvalue weighted by Crippen LogP contribution is -2.37. The summed E-state index contributed by atoms with van der Waals surface area (Å²) in [5.74, 6) is 1.64. The zero-order chi connectivity index (χ0) is 19.0. The largest absolute Gasteiger partial charge is 0.488 e. The number of nitrogens with zero attached hydrogens (tertiary/aromatic N) is 2. The molecule has 0 atom stereocenters. The van der Waals surface area contributed by atoms with E-state index in [1.165, 1.54) is 5.56 Å². The number of aryl methyl sites for hydroxylation is 1. The minimum atomic E-state index is -0.237. The average molecular weight is 354 g/mol. The molecule has 0 aliphatic carbocycles. The predicted molar refractivity (Wildman–Crippen MR) is 107 cm³/mol. The summed E-state index contributed by atoms with van der Waals surface area (Å²) in [5, 5.41) is 6.63. The van der Waals surface area contributed by atoms with Gasteiger partial charge < -0.3 is 15.4 Å². The van der Waals surface area contributed by atoms with Crippen molar-refractivity contribution in [2.24, 2.45) is 4.99 Å². The fraction of sp³-hybridized carbons (Fsp3) is 0.429. The molecule has 0 spiro atoms. The standard InChI is InChI=1S/C21H30N4O/c1-6-22-20(25-15-18-16(2)10-9-13-23-18)24-14-17-11-7-8-12-19(17)26-21(3,4)5/h7-13H,6,14-15H2,1-5H3,(H2,22,24,25). The minimum Gasteiger partial charge on any atom is -0.488 e. The Hall–Kier alpha value is -2.56. The van der Waals surface area contributed by atoms with Crippen LogP contribution < -0.4 is 15.4 Å². The van der Waals surface area contributed by atoms with Gasteiger partial charge in [0.25, 0.3) is 0 Å². The van der Waals surface area contributed by atoms with Crippen LogP contribution >= 0.6 is 0 Å². The maximum absolute atomic E-state index is 6.05. The van der Waals surface area contributed by atoms with Gasteiger partial charge in [0.05, 0.1) is 18.8 Å². The van der Waals surface area contributed by atoms with Gasteiger partial charge in [-0.15, -0.1) is 0 Å². The van der Waals surface area contributed by atoms with Crippen molar-refractivity contribution in [3.63, 3.8) is 0 Å². The summed E-state index contributed by atoms with van der Waals surface area (Å²) in [4.78, 5) is 9.12. The summed E-state index contributed by atoms with van der Waals surface area (Å²) in [6, 6.07) is 12.1. The van der Waals surface area contributed by atoms with Gasteiger partial charge >= 0.3 is 0 Å². The first-order valence-electron chi connectivity index (χ1n) is 9.08. The van der Waals surface area contributed by atoms with Gasteiger partial charge in [-0.25, -0.2) is 4.99 Å². The number of aliphatic imine (C=N–C) groups is 1. The Kier molecular flexibility index (Phi) is 7.01. The maximum atomic E-state index is 6.05. The number of guanidine groups is 1. The molecule has 1 aromatic heterocycles. The van der Waals surface area contributed by atoms with E-state index in [0.717, 1.165) is 29.5 Å². The van der Waals surface area contributed by atoms with Crippen molar-refractivity contribution in [3.8, 4) is 5.75 Å². The Morgan fingerprint density at radius 1 is 1.12 bits per heavy atom. The average Bonchev–Trinajstić information content (AvgIpc) is 2.58. The van der Waals surface area contributed by atoms with Gasteiger partial charge in [-0.05, 0) is 52.3 Å². The molecule has 0 saturated heterocycles. The van der Waals surface area contributed by atoms with E-state index in [1.807, 2.05) is 51.2 Å². The number of rotatable bonds is 6. The Balaban J connectivity index is 2.08. The fourth-order valence-electron chi connectivity index (χ4n) is 2.44. The predicted octanol–water partition coefficient (Wildman–Crippen LogP) is 3.82. The van der Waals surface area contributed by atoms with E-state index in [-0.39, 0.29) is 5.60 Å². The fourth-order valence-corrected chi connectivity index (χ4v) is 2.44. The monoisotopic (exact) mass is 354 g/mol. The lowest BCUT2D eigenvalue weighted by molar-refractivity contribution is 0.129. The molecular weight excluding hydrogens is 324 g/mol. The molecule has 0 amide bonds. The quantitative estimate of drug-likeness (QED) is 0.611. The number of nitrogens with one attached hydrogen (secondary N) is 2. The van der Waals surface area contributed by atoms with Crippen LogP contribution in [0.25, 0.3) is 0 Å². The number of aromatic nitrogens is 1. The van der Waals surface area contributed by atoms with Gasteiger partial charge in [-0.3, -0.25) is 4.98 Å². The summed E-state index contributed by atoms with van der Waals surface area (Å²) < 4.78 is 6.05. The molecule has 0 saturated carbocycles. The van der Waals surface area contributed by atoms with Crippen LogP contribution in [-0.4, -0.2) is 23.1 Å². The molecule has 1 heterocycles. The first kappa shape index (κ1) is 19.8. The second-order valence-corrected chi connectivity index (χ2v) is 7.14. The third kappa shape index (κ3) is 6.39.